The van der Waals surface area contributed by atoms with Gasteiger partial charge in [0.25, 0.3) is 0 Å². The third kappa shape index (κ3) is 5.30. The molecule has 1 saturated heterocycles. The first-order valence-electron chi connectivity index (χ1n) is 8.69. The highest BCUT2D eigenvalue weighted by atomic mass is 16.7. The SMILES string of the molecule is CCC(CC)N1CCC(O/N=[N+](\[O-])N(CC)C(C)(C)C)CC1. The van der Waals surface area contributed by atoms with Crippen LogP contribution in [0.15, 0.2) is 5.28 Å². The van der Waals surface area contributed by atoms with Crippen molar-refractivity contribution in [3.05, 3.63) is 5.21 Å². The summed E-state index contributed by atoms with van der Waals surface area (Å²) in [5.74, 6) is 0. The van der Waals surface area contributed by atoms with Gasteiger partial charge < -0.3 is 14.9 Å². The lowest BCUT2D eigenvalue weighted by Crippen LogP contribution is -2.46. The molecule has 0 aromatic carbocycles. The lowest BCUT2D eigenvalue weighted by Gasteiger charge is -2.35. The van der Waals surface area contributed by atoms with E-state index in [9.17, 15) is 5.21 Å². The van der Waals surface area contributed by atoms with E-state index in [0.717, 1.165) is 25.9 Å². The molecule has 6 heteroatoms. The van der Waals surface area contributed by atoms with Crippen LogP contribution in [0.3, 0.4) is 0 Å². The number of rotatable bonds is 7. The first-order valence-corrected chi connectivity index (χ1v) is 8.69. The van der Waals surface area contributed by atoms with Crippen LogP contribution in [0.4, 0.5) is 0 Å². The van der Waals surface area contributed by atoms with E-state index in [4.69, 9.17) is 4.84 Å². The van der Waals surface area contributed by atoms with Gasteiger partial charge >= 0.3 is 0 Å². The Morgan fingerprint density at radius 1 is 1.23 bits per heavy atom. The fourth-order valence-corrected chi connectivity index (χ4v) is 3.15. The maximum atomic E-state index is 12.1. The molecule has 0 unspecified atom stereocenters. The van der Waals surface area contributed by atoms with Crippen LogP contribution in [0, 0.1) is 5.21 Å². The van der Waals surface area contributed by atoms with Gasteiger partial charge in [0.1, 0.15) is 6.10 Å². The number of hydrogen-bond acceptors (Lipinski definition) is 4. The minimum atomic E-state index is -0.262. The Kier molecular flexibility index (Phi) is 7.39. The van der Waals surface area contributed by atoms with E-state index in [0.29, 0.717) is 17.6 Å². The standard InChI is InChI=1S/C16H34N4O2/c1-7-14(8-2)18-12-10-15(11-13-18)22-17-20(21)19(9-3)16(4,5)6/h14-15H,7-13H2,1-6H3/b20-17-. The lowest BCUT2D eigenvalue weighted by molar-refractivity contribution is -0.725. The summed E-state index contributed by atoms with van der Waals surface area (Å²) in [6, 6.07) is 0.672. The Labute approximate surface area is 135 Å². The molecule has 130 valence electrons. The summed E-state index contributed by atoms with van der Waals surface area (Å²) in [7, 11) is 0. The van der Waals surface area contributed by atoms with Gasteiger partial charge in [-0.15, -0.1) is 5.01 Å². The smallest absolute Gasteiger partial charge is 0.233 e. The van der Waals surface area contributed by atoms with Gasteiger partial charge in [0.15, 0.2) is 0 Å². The monoisotopic (exact) mass is 314 g/mol. The van der Waals surface area contributed by atoms with Crippen LogP contribution in [-0.4, -0.2) is 52.2 Å². The molecule has 0 saturated carbocycles. The first-order chi connectivity index (χ1) is 10.3. The normalized spacial score (nSPS) is 18.8. The maximum absolute atomic E-state index is 12.1. The molecular weight excluding hydrogens is 280 g/mol. The van der Waals surface area contributed by atoms with Gasteiger partial charge in [-0.3, -0.25) is 0 Å². The Hall–Kier alpha value is -1.04. The molecule has 1 rings (SSSR count). The Balaban J connectivity index is 2.48. The molecule has 1 aliphatic heterocycles. The second kappa shape index (κ2) is 8.56. The van der Waals surface area contributed by atoms with E-state index in [1.807, 2.05) is 27.7 Å². The molecule has 0 radical (unpaired) electrons. The molecule has 1 aliphatic rings. The Morgan fingerprint density at radius 3 is 2.18 bits per heavy atom. The third-order valence-electron chi connectivity index (χ3n) is 4.48. The van der Waals surface area contributed by atoms with Crippen molar-refractivity contribution in [2.45, 2.75) is 84.9 Å². The second-order valence-corrected chi connectivity index (χ2v) is 7.03. The molecule has 1 fully saturated rings. The zero-order valence-corrected chi connectivity index (χ0v) is 15.2. The molecule has 0 bridgehead atoms. The molecule has 0 aromatic heterocycles. The van der Waals surface area contributed by atoms with Crippen molar-refractivity contribution in [2.75, 3.05) is 19.6 Å². The van der Waals surface area contributed by atoms with Crippen molar-refractivity contribution in [1.82, 2.24) is 9.91 Å². The summed E-state index contributed by atoms with van der Waals surface area (Å²) in [5.41, 5.74) is -0.262. The van der Waals surface area contributed by atoms with Crippen molar-refractivity contribution in [2.24, 2.45) is 5.28 Å². The molecule has 0 aromatic rings. The fourth-order valence-electron chi connectivity index (χ4n) is 3.15. The lowest BCUT2D eigenvalue weighted by atomic mass is 10.0. The molecule has 1 heterocycles. The third-order valence-corrected chi connectivity index (χ3v) is 4.48. The molecular formula is C16H34N4O2. The highest BCUT2D eigenvalue weighted by Crippen LogP contribution is 2.19. The second-order valence-electron chi connectivity index (χ2n) is 7.03. The van der Waals surface area contributed by atoms with Gasteiger partial charge in [0.05, 0.1) is 17.1 Å². The van der Waals surface area contributed by atoms with Crippen molar-refractivity contribution in [3.8, 4) is 0 Å². The van der Waals surface area contributed by atoms with Crippen LogP contribution in [-0.2, 0) is 4.84 Å². The summed E-state index contributed by atoms with van der Waals surface area (Å²) < 4.78 is 0. The van der Waals surface area contributed by atoms with Crippen LogP contribution in [0.2, 0.25) is 0 Å². The molecule has 0 amide bonds. The van der Waals surface area contributed by atoms with Crippen LogP contribution in [0.25, 0.3) is 0 Å². The summed E-state index contributed by atoms with van der Waals surface area (Å²) in [5, 5.41) is 17.5. The van der Waals surface area contributed by atoms with Gasteiger partial charge in [-0.1, -0.05) is 13.8 Å². The van der Waals surface area contributed by atoms with Gasteiger partial charge in [0.2, 0.25) is 5.28 Å². The van der Waals surface area contributed by atoms with Crippen LogP contribution in [0.5, 0.6) is 0 Å². The van der Waals surface area contributed by atoms with Crippen LogP contribution in [0.1, 0.15) is 67.2 Å². The first kappa shape index (κ1) is 19.0. The summed E-state index contributed by atoms with van der Waals surface area (Å²) >= 11 is 0. The van der Waals surface area contributed by atoms with Crippen molar-refractivity contribution < 1.29 is 9.81 Å². The van der Waals surface area contributed by atoms with E-state index >= 15 is 0 Å². The molecule has 0 atom stereocenters. The van der Waals surface area contributed by atoms with Gasteiger partial charge in [-0.05, 0) is 53.4 Å². The van der Waals surface area contributed by atoms with Gasteiger partial charge in [-0.2, -0.15) is 0 Å². The average molecular weight is 314 g/mol. The summed E-state index contributed by atoms with van der Waals surface area (Å²) in [6.07, 6.45) is 4.32. The largest absolute Gasteiger partial charge is 0.569 e. The average Bonchev–Trinajstić information content (AvgIpc) is 2.47. The highest BCUT2D eigenvalue weighted by molar-refractivity contribution is 4.77. The highest BCUT2D eigenvalue weighted by Gasteiger charge is 2.28. The zero-order valence-electron chi connectivity index (χ0n) is 15.2. The van der Waals surface area contributed by atoms with Crippen molar-refractivity contribution >= 4 is 0 Å². The number of likely N-dealkylation sites (tertiary alicyclic amines) is 1. The van der Waals surface area contributed by atoms with Crippen molar-refractivity contribution in [1.29, 1.82) is 0 Å². The Morgan fingerprint density at radius 2 is 1.77 bits per heavy atom. The van der Waals surface area contributed by atoms with Gasteiger partial charge in [-0.25, -0.2) is 0 Å². The van der Waals surface area contributed by atoms with Gasteiger partial charge in [0, 0.05) is 19.1 Å². The van der Waals surface area contributed by atoms with Crippen molar-refractivity contribution in [3.63, 3.8) is 0 Å². The number of hydrazine groups is 1. The maximum Gasteiger partial charge on any atom is 0.233 e. The molecule has 22 heavy (non-hydrogen) atoms. The molecule has 0 N–H and O–H groups in total. The predicted octanol–water partition coefficient (Wildman–Crippen LogP) is 3.57. The topological polar surface area (TPSA) is 54.1 Å². The number of nitrogens with zero attached hydrogens (tertiary/aromatic N) is 4. The fraction of sp³-hybridized carbons (Fsp3) is 1.00. The Bertz CT molecular complexity index is 343. The molecule has 6 nitrogen and oxygen atoms in total. The minimum Gasteiger partial charge on any atom is -0.569 e. The number of hydrogen-bond donors (Lipinski definition) is 0. The minimum absolute atomic E-state index is 0.0562. The predicted molar refractivity (Wildman–Crippen MR) is 88.2 cm³/mol. The van der Waals surface area contributed by atoms with Crippen LogP contribution < -0.4 is 0 Å². The van der Waals surface area contributed by atoms with Crippen LogP contribution >= 0.6 is 0 Å². The quantitative estimate of drug-likeness (QED) is 0.409. The van der Waals surface area contributed by atoms with E-state index < -0.39 is 0 Å². The van der Waals surface area contributed by atoms with E-state index in [-0.39, 0.29) is 11.6 Å². The van der Waals surface area contributed by atoms with E-state index in [1.165, 1.54) is 12.8 Å². The zero-order chi connectivity index (χ0) is 16.8. The molecule has 0 aliphatic carbocycles. The summed E-state index contributed by atoms with van der Waals surface area (Å²) in [4.78, 5) is 8.62. The summed E-state index contributed by atoms with van der Waals surface area (Å²) in [6.45, 7) is 15.1. The van der Waals surface area contributed by atoms with E-state index in [1.54, 1.807) is 5.01 Å². The molecule has 0 spiro atoms. The number of piperidine rings is 1. The van der Waals surface area contributed by atoms with E-state index in [2.05, 4.69) is 24.0 Å².